The second kappa shape index (κ2) is 6.58. The lowest BCUT2D eigenvalue weighted by Crippen LogP contribution is -2.31. The van der Waals surface area contributed by atoms with Crippen molar-refractivity contribution in [3.05, 3.63) is 46.3 Å². The highest BCUT2D eigenvalue weighted by Gasteiger charge is 2.20. The number of pyridine rings is 1. The van der Waals surface area contributed by atoms with E-state index in [1.54, 1.807) is 0 Å². The number of likely N-dealkylation sites (N-methyl/N-ethyl adjacent to an activating group) is 1. The highest BCUT2D eigenvalue weighted by Crippen LogP contribution is 2.21. The van der Waals surface area contributed by atoms with Crippen LogP contribution in [0.3, 0.4) is 0 Å². The van der Waals surface area contributed by atoms with Crippen molar-refractivity contribution >= 4 is 17.2 Å². The number of anilines is 1. The van der Waals surface area contributed by atoms with Gasteiger partial charge in [0, 0.05) is 43.2 Å². The molecule has 2 aromatic rings. The number of thiophene rings is 1. The quantitative estimate of drug-likeness (QED) is 0.849. The van der Waals surface area contributed by atoms with Gasteiger partial charge in [-0.25, -0.2) is 4.98 Å². The summed E-state index contributed by atoms with van der Waals surface area (Å²) in [7, 11) is 2.14. The van der Waals surface area contributed by atoms with Crippen molar-refractivity contribution in [2.75, 3.05) is 11.9 Å². The second-order valence-electron chi connectivity index (χ2n) is 5.92. The Balaban J connectivity index is 1.62. The number of hydrogen-bond donors (Lipinski definition) is 1. The minimum absolute atomic E-state index is 0.447. The molecule has 1 aliphatic rings. The molecule has 0 radical (unpaired) electrons. The molecular formula is C17H23N3S. The average molecular weight is 301 g/mol. The minimum Gasteiger partial charge on any atom is -0.357 e. The van der Waals surface area contributed by atoms with Gasteiger partial charge in [-0.1, -0.05) is 6.07 Å². The molecule has 1 fully saturated rings. The first-order valence-electron chi connectivity index (χ1n) is 7.66. The third-order valence-electron chi connectivity index (χ3n) is 4.08. The van der Waals surface area contributed by atoms with Crippen LogP contribution in [-0.4, -0.2) is 24.1 Å². The van der Waals surface area contributed by atoms with Crippen molar-refractivity contribution in [2.45, 2.75) is 44.8 Å². The Hall–Kier alpha value is -1.39. The van der Waals surface area contributed by atoms with Crippen molar-refractivity contribution in [2.24, 2.45) is 0 Å². The minimum atomic E-state index is 0.447. The molecule has 1 unspecified atom stereocenters. The Kier molecular flexibility index (Phi) is 4.56. The largest absolute Gasteiger partial charge is 0.357 e. The van der Waals surface area contributed by atoms with E-state index in [9.17, 15) is 0 Å². The van der Waals surface area contributed by atoms with E-state index in [0.29, 0.717) is 6.04 Å². The van der Waals surface area contributed by atoms with Gasteiger partial charge in [0.05, 0.1) is 0 Å². The molecule has 0 saturated heterocycles. The molecule has 112 valence electrons. The fourth-order valence-electron chi connectivity index (χ4n) is 2.40. The number of nitrogens with zero attached hydrogens (tertiary/aromatic N) is 2. The van der Waals surface area contributed by atoms with Crippen molar-refractivity contribution < 1.29 is 0 Å². The van der Waals surface area contributed by atoms with E-state index in [2.05, 4.69) is 58.8 Å². The Morgan fingerprint density at radius 2 is 2.29 bits per heavy atom. The molecule has 0 spiro atoms. The summed E-state index contributed by atoms with van der Waals surface area (Å²) in [5.74, 6) is 1.06. The van der Waals surface area contributed by atoms with Gasteiger partial charge in [0.2, 0.25) is 0 Å². The van der Waals surface area contributed by atoms with E-state index in [4.69, 9.17) is 0 Å². The molecular weight excluding hydrogens is 278 g/mol. The second-order valence-corrected chi connectivity index (χ2v) is 6.95. The van der Waals surface area contributed by atoms with Crippen LogP contribution in [0, 0.1) is 0 Å². The Labute approximate surface area is 131 Å². The number of nitrogens with one attached hydrogen (secondary N) is 1. The molecule has 3 nitrogen and oxygen atoms in total. The maximum atomic E-state index is 4.53. The third-order valence-corrected chi connectivity index (χ3v) is 4.98. The molecule has 3 rings (SSSR count). The molecule has 1 aliphatic carbocycles. The van der Waals surface area contributed by atoms with Crippen LogP contribution in [-0.2, 0) is 13.0 Å². The van der Waals surface area contributed by atoms with E-state index in [-0.39, 0.29) is 0 Å². The van der Waals surface area contributed by atoms with Gasteiger partial charge in [0.1, 0.15) is 5.82 Å². The first-order chi connectivity index (χ1) is 10.2. The van der Waals surface area contributed by atoms with Crippen LogP contribution in [0.1, 0.15) is 30.2 Å². The van der Waals surface area contributed by atoms with E-state index >= 15 is 0 Å². The fraction of sp³-hybridized carbons (Fsp3) is 0.471. The lowest BCUT2D eigenvalue weighted by molar-refractivity contribution is 0.672. The maximum absolute atomic E-state index is 4.53. The molecule has 0 aliphatic heterocycles. The summed E-state index contributed by atoms with van der Waals surface area (Å²) >= 11 is 1.83. The third kappa shape index (κ3) is 4.05. The van der Waals surface area contributed by atoms with Crippen LogP contribution in [0.15, 0.2) is 35.8 Å². The first kappa shape index (κ1) is 14.5. The predicted molar refractivity (Wildman–Crippen MR) is 90.0 cm³/mol. The van der Waals surface area contributed by atoms with Gasteiger partial charge in [0.15, 0.2) is 0 Å². The Morgan fingerprint density at radius 3 is 3.00 bits per heavy atom. The summed E-state index contributed by atoms with van der Waals surface area (Å²) in [5, 5.41) is 5.70. The lowest BCUT2D eigenvalue weighted by atomic mass is 10.1. The van der Waals surface area contributed by atoms with E-state index in [1.165, 1.54) is 23.3 Å². The molecule has 2 aromatic heterocycles. The van der Waals surface area contributed by atoms with Gasteiger partial charge >= 0.3 is 0 Å². The predicted octanol–water partition coefficient (Wildman–Crippen LogP) is 3.46. The Morgan fingerprint density at radius 1 is 1.43 bits per heavy atom. The van der Waals surface area contributed by atoms with Gasteiger partial charge < -0.3 is 10.2 Å². The van der Waals surface area contributed by atoms with Gasteiger partial charge in [0.25, 0.3) is 0 Å². The van der Waals surface area contributed by atoms with Crippen molar-refractivity contribution in [3.8, 4) is 0 Å². The zero-order chi connectivity index (χ0) is 14.7. The van der Waals surface area contributed by atoms with Crippen LogP contribution < -0.4 is 10.2 Å². The zero-order valence-corrected chi connectivity index (χ0v) is 13.6. The van der Waals surface area contributed by atoms with Gasteiger partial charge in [-0.2, -0.15) is 0 Å². The molecule has 2 heterocycles. The van der Waals surface area contributed by atoms with Crippen LogP contribution >= 0.6 is 11.3 Å². The molecule has 1 N–H and O–H groups in total. The van der Waals surface area contributed by atoms with Crippen LogP contribution in [0.5, 0.6) is 0 Å². The maximum Gasteiger partial charge on any atom is 0.128 e. The molecule has 1 atom stereocenters. The van der Waals surface area contributed by atoms with E-state index in [1.807, 2.05) is 17.5 Å². The molecule has 21 heavy (non-hydrogen) atoms. The highest BCUT2D eigenvalue weighted by atomic mass is 32.1. The topological polar surface area (TPSA) is 28.2 Å². The summed E-state index contributed by atoms with van der Waals surface area (Å²) < 4.78 is 0. The summed E-state index contributed by atoms with van der Waals surface area (Å²) in [6.45, 7) is 3.21. The summed E-state index contributed by atoms with van der Waals surface area (Å²) in [6.07, 6.45) is 5.65. The van der Waals surface area contributed by atoms with Crippen LogP contribution in [0.4, 0.5) is 5.82 Å². The normalized spacial score (nSPS) is 15.9. The molecule has 4 heteroatoms. The monoisotopic (exact) mass is 301 g/mol. The zero-order valence-electron chi connectivity index (χ0n) is 12.7. The number of aromatic nitrogens is 1. The van der Waals surface area contributed by atoms with Crippen LogP contribution in [0.2, 0.25) is 0 Å². The summed E-state index contributed by atoms with van der Waals surface area (Å²) in [4.78, 5) is 8.24. The summed E-state index contributed by atoms with van der Waals surface area (Å²) in [5.41, 5.74) is 1.32. The fourth-order valence-corrected chi connectivity index (χ4v) is 3.22. The number of hydrogen-bond acceptors (Lipinski definition) is 4. The van der Waals surface area contributed by atoms with Crippen molar-refractivity contribution in [1.29, 1.82) is 0 Å². The van der Waals surface area contributed by atoms with E-state index < -0.39 is 0 Å². The van der Waals surface area contributed by atoms with Gasteiger partial charge in [-0.15, -0.1) is 11.3 Å². The highest BCUT2D eigenvalue weighted by molar-refractivity contribution is 7.09. The number of rotatable bonds is 7. The molecule has 0 aromatic carbocycles. The molecule has 1 saturated carbocycles. The SMILES string of the molecule is CC(Cc1cccs1)N(C)c1cc(CNC2CC2)ccn1. The smallest absolute Gasteiger partial charge is 0.128 e. The summed E-state index contributed by atoms with van der Waals surface area (Å²) in [6, 6.07) is 9.84. The Bertz CT molecular complexity index is 563. The van der Waals surface area contributed by atoms with Crippen LogP contribution in [0.25, 0.3) is 0 Å². The van der Waals surface area contributed by atoms with Crippen molar-refractivity contribution in [1.82, 2.24) is 10.3 Å². The lowest BCUT2D eigenvalue weighted by Gasteiger charge is -2.26. The average Bonchev–Trinajstić information content (AvgIpc) is 3.20. The van der Waals surface area contributed by atoms with Gasteiger partial charge in [-0.05, 0) is 48.9 Å². The van der Waals surface area contributed by atoms with Crippen molar-refractivity contribution in [3.63, 3.8) is 0 Å². The van der Waals surface area contributed by atoms with E-state index in [0.717, 1.165) is 24.8 Å². The molecule has 0 bridgehead atoms. The molecule has 0 amide bonds. The first-order valence-corrected chi connectivity index (χ1v) is 8.54. The standard InChI is InChI=1S/C17H23N3S/c1-13(10-16-4-3-9-21-16)20(2)17-11-14(7-8-18-17)12-19-15-5-6-15/h3-4,7-9,11,13,15,19H,5-6,10,12H2,1-2H3. The van der Waals surface area contributed by atoms with Gasteiger partial charge in [-0.3, -0.25) is 0 Å².